The van der Waals surface area contributed by atoms with Crippen LogP contribution in [0.25, 0.3) is 0 Å². The summed E-state index contributed by atoms with van der Waals surface area (Å²) in [7, 11) is -4.27. The molecule has 178 valence electrons. The minimum Gasteiger partial charge on any atom is -0.459 e. The fourth-order valence-corrected chi connectivity index (χ4v) is 5.05. The third-order valence-corrected chi connectivity index (χ3v) is 7.40. The Morgan fingerprint density at radius 2 is 1.59 bits per heavy atom. The van der Waals surface area contributed by atoms with Crippen LogP contribution in [0.15, 0.2) is 76.2 Å². The molecule has 3 amide bonds. The molecule has 1 aromatic heterocycles. The minimum atomic E-state index is -4.27. The number of rotatable bonds is 5. The number of carbonyl (C=O) groups is 2. The fraction of sp³-hybridized carbons (Fsp3) is 0.250. The zero-order valence-electron chi connectivity index (χ0n) is 18.6. The molecule has 4 rings (SSSR count). The molecule has 10 heteroatoms. The Morgan fingerprint density at radius 3 is 2.21 bits per heavy atom. The molecular formula is C24H24FN3O5S. The molecule has 0 spiro atoms. The maximum absolute atomic E-state index is 14.4. The molecule has 34 heavy (non-hydrogen) atoms. The molecule has 8 nitrogen and oxygen atoms in total. The lowest BCUT2D eigenvalue weighted by molar-refractivity contribution is 0.0623. The smallest absolute Gasteiger partial charge is 0.334 e. The SMILES string of the molecule is Cc1ccc(S(=O)(=O)N(Cc2ccccc2F)C(=O)N2CCN(C(=O)c3ccco3)CC2)cc1. The normalized spacial score (nSPS) is 14.2. The van der Waals surface area contributed by atoms with Crippen LogP contribution in [-0.2, 0) is 16.6 Å². The minimum absolute atomic E-state index is 0.0607. The summed E-state index contributed by atoms with van der Waals surface area (Å²) >= 11 is 0. The fourth-order valence-electron chi connectivity index (χ4n) is 3.69. The topological polar surface area (TPSA) is 91.1 Å². The van der Waals surface area contributed by atoms with Crippen LogP contribution in [0.2, 0.25) is 0 Å². The molecule has 2 aromatic carbocycles. The van der Waals surface area contributed by atoms with Gasteiger partial charge in [-0.2, -0.15) is 0 Å². The summed E-state index contributed by atoms with van der Waals surface area (Å²) in [5.74, 6) is -0.705. The molecular weight excluding hydrogens is 461 g/mol. The van der Waals surface area contributed by atoms with E-state index < -0.39 is 28.4 Å². The van der Waals surface area contributed by atoms with E-state index in [4.69, 9.17) is 4.42 Å². The first kappa shape index (κ1) is 23.5. The van der Waals surface area contributed by atoms with Gasteiger partial charge >= 0.3 is 6.03 Å². The van der Waals surface area contributed by atoms with Crippen molar-refractivity contribution in [2.45, 2.75) is 18.4 Å². The van der Waals surface area contributed by atoms with Crippen molar-refractivity contribution >= 4 is 22.0 Å². The van der Waals surface area contributed by atoms with E-state index in [9.17, 15) is 22.4 Å². The summed E-state index contributed by atoms with van der Waals surface area (Å²) in [4.78, 5) is 28.8. The number of amides is 3. The number of piperazine rings is 1. The Hall–Kier alpha value is -3.66. The lowest BCUT2D eigenvalue weighted by atomic mass is 10.2. The molecule has 1 saturated heterocycles. The van der Waals surface area contributed by atoms with E-state index >= 15 is 0 Å². The standard InChI is InChI=1S/C24H24FN3O5S/c1-18-8-10-20(11-9-18)34(31,32)28(17-19-5-2-3-6-21(19)25)24(30)27-14-12-26(13-15-27)23(29)22-7-4-16-33-22/h2-11,16H,12-15,17H2,1H3. The Kier molecular flexibility index (Phi) is 6.69. The second-order valence-electron chi connectivity index (χ2n) is 7.96. The Morgan fingerprint density at radius 1 is 0.941 bits per heavy atom. The van der Waals surface area contributed by atoms with Crippen LogP contribution in [0.4, 0.5) is 9.18 Å². The molecule has 1 aliphatic heterocycles. The molecule has 0 bridgehead atoms. The number of hydrogen-bond acceptors (Lipinski definition) is 5. The van der Waals surface area contributed by atoms with Gasteiger partial charge < -0.3 is 14.2 Å². The molecule has 1 fully saturated rings. The van der Waals surface area contributed by atoms with Crippen LogP contribution in [0.3, 0.4) is 0 Å². The molecule has 0 saturated carbocycles. The van der Waals surface area contributed by atoms with Gasteiger partial charge in [-0.3, -0.25) is 4.79 Å². The van der Waals surface area contributed by atoms with Gasteiger partial charge in [-0.05, 0) is 37.3 Å². The van der Waals surface area contributed by atoms with E-state index in [1.807, 2.05) is 6.92 Å². The maximum Gasteiger partial charge on any atom is 0.334 e. The quantitative estimate of drug-likeness (QED) is 0.552. The predicted octanol–water partition coefficient (Wildman–Crippen LogP) is 3.50. The zero-order valence-corrected chi connectivity index (χ0v) is 19.4. The van der Waals surface area contributed by atoms with E-state index in [0.29, 0.717) is 4.31 Å². The summed E-state index contributed by atoms with van der Waals surface area (Å²) in [6, 6.07) is 14.3. The van der Waals surface area contributed by atoms with Crippen LogP contribution in [0.5, 0.6) is 0 Å². The molecule has 0 atom stereocenters. The van der Waals surface area contributed by atoms with E-state index in [1.165, 1.54) is 46.4 Å². The number of furan rings is 1. The van der Waals surface area contributed by atoms with E-state index in [1.54, 1.807) is 30.3 Å². The van der Waals surface area contributed by atoms with Gasteiger partial charge in [0, 0.05) is 31.7 Å². The molecule has 1 aliphatic rings. The van der Waals surface area contributed by atoms with Crippen molar-refractivity contribution in [3.63, 3.8) is 0 Å². The third-order valence-electron chi connectivity index (χ3n) is 5.66. The van der Waals surface area contributed by atoms with Crippen molar-refractivity contribution in [3.8, 4) is 0 Å². The number of benzene rings is 2. The van der Waals surface area contributed by atoms with Gasteiger partial charge in [0.15, 0.2) is 5.76 Å². The number of nitrogens with zero attached hydrogens (tertiary/aromatic N) is 3. The average Bonchev–Trinajstić information content (AvgIpc) is 3.38. The van der Waals surface area contributed by atoms with Gasteiger partial charge in [-0.15, -0.1) is 0 Å². The highest BCUT2D eigenvalue weighted by Gasteiger charge is 2.35. The van der Waals surface area contributed by atoms with Crippen molar-refractivity contribution in [2.75, 3.05) is 26.2 Å². The molecule has 0 radical (unpaired) electrons. The molecule has 0 unspecified atom stereocenters. The summed E-state index contributed by atoms with van der Waals surface area (Å²) in [6.07, 6.45) is 1.41. The molecule has 3 aromatic rings. The van der Waals surface area contributed by atoms with Crippen LogP contribution >= 0.6 is 0 Å². The van der Waals surface area contributed by atoms with Crippen LogP contribution < -0.4 is 0 Å². The highest BCUT2D eigenvalue weighted by molar-refractivity contribution is 7.89. The number of halogens is 1. The first-order valence-electron chi connectivity index (χ1n) is 10.7. The summed E-state index contributed by atoms with van der Waals surface area (Å²) in [5.41, 5.74) is 0.946. The highest BCUT2D eigenvalue weighted by atomic mass is 32.2. The summed E-state index contributed by atoms with van der Waals surface area (Å²) in [5, 5.41) is 0. The second kappa shape index (κ2) is 9.68. The van der Waals surface area contributed by atoms with E-state index in [-0.39, 0.29) is 48.3 Å². The predicted molar refractivity (Wildman–Crippen MR) is 122 cm³/mol. The van der Waals surface area contributed by atoms with Crippen molar-refractivity contribution in [3.05, 3.63) is 89.6 Å². The van der Waals surface area contributed by atoms with Crippen LogP contribution in [0, 0.1) is 12.7 Å². The summed E-state index contributed by atoms with van der Waals surface area (Å²) in [6.45, 7) is 2.05. The van der Waals surface area contributed by atoms with Gasteiger partial charge in [0.1, 0.15) is 5.82 Å². The Bertz CT molecular complexity index is 1270. The van der Waals surface area contributed by atoms with E-state index in [2.05, 4.69) is 0 Å². The number of aryl methyl sites for hydroxylation is 1. The monoisotopic (exact) mass is 485 g/mol. The Balaban J connectivity index is 1.57. The third kappa shape index (κ3) is 4.81. The van der Waals surface area contributed by atoms with Crippen molar-refractivity contribution in [1.29, 1.82) is 0 Å². The van der Waals surface area contributed by atoms with Gasteiger partial charge in [0.05, 0.1) is 17.7 Å². The van der Waals surface area contributed by atoms with Gasteiger partial charge in [0.2, 0.25) is 0 Å². The highest BCUT2D eigenvalue weighted by Crippen LogP contribution is 2.23. The molecule has 0 N–H and O–H groups in total. The van der Waals surface area contributed by atoms with Crippen molar-refractivity contribution < 1.29 is 26.8 Å². The van der Waals surface area contributed by atoms with Crippen molar-refractivity contribution in [1.82, 2.24) is 14.1 Å². The molecule has 0 aliphatic carbocycles. The van der Waals surface area contributed by atoms with E-state index in [0.717, 1.165) is 5.56 Å². The first-order valence-corrected chi connectivity index (χ1v) is 12.2. The Labute approximate surface area is 197 Å². The summed E-state index contributed by atoms with van der Waals surface area (Å²) < 4.78 is 47.1. The second-order valence-corrected chi connectivity index (χ2v) is 9.82. The average molecular weight is 486 g/mol. The number of sulfonamides is 1. The van der Waals surface area contributed by atoms with Gasteiger partial charge in [-0.25, -0.2) is 21.9 Å². The van der Waals surface area contributed by atoms with Crippen LogP contribution in [0.1, 0.15) is 21.7 Å². The first-order chi connectivity index (χ1) is 16.3. The number of urea groups is 1. The lowest BCUT2D eigenvalue weighted by Crippen LogP contribution is -2.54. The van der Waals surface area contributed by atoms with Gasteiger partial charge in [0.25, 0.3) is 15.9 Å². The maximum atomic E-state index is 14.4. The molecule has 2 heterocycles. The largest absolute Gasteiger partial charge is 0.459 e. The zero-order chi connectivity index (χ0) is 24.3. The van der Waals surface area contributed by atoms with Crippen molar-refractivity contribution in [2.24, 2.45) is 0 Å². The van der Waals surface area contributed by atoms with Gasteiger partial charge in [-0.1, -0.05) is 35.9 Å². The van der Waals surface area contributed by atoms with Crippen LogP contribution in [-0.4, -0.2) is 60.6 Å². The number of carbonyl (C=O) groups excluding carboxylic acids is 2. The lowest BCUT2D eigenvalue weighted by Gasteiger charge is -2.37. The number of hydrogen-bond donors (Lipinski definition) is 0.